The van der Waals surface area contributed by atoms with E-state index < -0.39 is 0 Å². The fourth-order valence-electron chi connectivity index (χ4n) is 5.66. The van der Waals surface area contributed by atoms with Crippen molar-refractivity contribution in [2.75, 3.05) is 6.61 Å². The van der Waals surface area contributed by atoms with Crippen LogP contribution in [0.15, 0.2) is 49.1 Å². The Morgan fingerprint density at radius 1 is 0.513 bits per heavy atom. The second-order valence-corrected chi connectivity index (χ2v) is 11.8. The van der Waals surface area contributed by atoms with Crippen LogP contribution in [0, 0.1) is 0 Å². The van der Waals surface area contributed by atoms with Crippen LogP contribution in [0.5, 0.6) is 0 Å². The van der Waals surface area contributed by atoms with E-state index in [9.17, 15) is 0 Å². The summed E-state index contributed by atoms with van der Waals surface area (Å²) in [6, 6.07) is 8.79. The average Bonchev–Trinajstić information content (AvgIpc) is 2.97. The molecule has 3 heteroatoms. The summed E-state index contributed by atoms with van der Waals surface area (Å²) in [4.78, 5) is 4.20. The highest BCUT2D eigenvalue weighted by Gasteiger charge is 2.03. The Kier molecular flexibility index (Phi) is 21.7. The van der Waals surface area contributed by atoms with Crippen molar-refractivity contribution in [3.63, 3.8) is 0 Å². The maximum absolute atomic E-state index is 8.82. The zero-order chi connectivity index (χ0) is 27.5. The third-order valence-electron chi connectivity index (χ3n) is 8.15. The molecule has 0 atom stereocenters. The van der Waals surface area contributed by atoms with E-state index in [0.717, 1.165) is 6.42 Å². The first-order chi connectivity index (χ1) is 19.4. The van der Waals surface area contributed by atoms with Crippen molar-refractivity contribution < 1.29 is 9.67 Å². The molecule has 0 fully saturated rings. The van der Waals surface area contributed by atoms with Gasteiger partial charge in [0.1, 0.15) is 6.54 Å². The first-order valence-electron chi connectivity index (χ1n) is 16.9. The summed E-state index contributed by atoms with van der Waals surface area (Å²) in [5, 5.41) is 8.82. The van der Waals surface area contributed by atoms with Gasteiger partial charge in [0.05, 0.1) is 0 Å². The van der Waals surface area contributed by atoms with Gasteiger partial charge in [-0.3, -0.25) is 4.98 Å². The highest BCUT2D eigenvalue weighted by molar-refractivity contribution is 5.08. The van der Waals surface area contributed by atoms with Crippen molar-refractivity contribution >= 4 is 0 Å². The van der Waals surface area contributed by atoms with Gasteiger partial charge in [-0.15, -0.1) is 0 Å². The number of aromatic nitrogens is 2. The lowest BCUT2D eigenvalue weighted by Crippen LogP contribution is -2.33. The van der Waals surface area contributed by atoms with Gasteiger partial charge >= 0.3 is 0 Å². The number of nitrogens with zero attached hydrogens (tertiary/aromatic N) is 2. The molecule has 0 bridgehead atoms. The molecule has 2 heterocycles. The molecular formula is C36H61N2O+. The second kappa shape index (κ2) is 25.2. The van der Waals surface area contributed by atoms with Gasteiger partial charge in [-0.05, 0) is 56.2 Å². The first kappa shape index (κ1) is 33.5. The minimum absolute atomic E-state index is 0.359. The molecule has 0 unspecified atom stereocenters. The topological polar surface area (TPSA) is 37.0 Å². The predicted octanol–water partition coefficient (Wildman–Crippen LogP) is 9.73. The molecule has 0 aromatic carbocycles. The lowest BCUT2D eigenvalue weighted by molar-refractivity contribution is -0.697. The van der Waals surface area contributed by atoms with Crippen LogP contribution in [0.4, 0.5) is 0 Å². The molecular weight excluding hydrogens is 476 g/mol. The highest BCUT2D eigenvalue weighted by Crippen LogP contribution is 2.14. The Balaban J connectivity index is 1.33. The number of hydrogen-bond acceptors (Lipinski definition) is 2. The normalized spacial score (nSPS) is 11.3. The van der Waals surface area contributed by atoms with Crippen LogP contribution in [0.3, 0.4) is 0 Å². The van der Waals surface area contributed by atoms with E-state index >= 15 is 0 Å². The molecule has 0 radical (unpaired) electrons. The van der Waals surface area contributed by atoms with Crippen LogP contribution >= 0.6 is 0 Å². The van der Waals surface area contributed by atoms with Crippen LogP contribution < -0.4 is 4.57 Å². The SMILES string of the molecule is OCCCCCCCCCCCCc1ccc[n+](CCCCCCCCCCCCCCc2cccnc2)c1. The number of aliphatic hydroxyl groups is 1. The van der Waals surface area contributed by atoms with Crippen molar-refractivity contribution in [1.82, 2.24) is 4.98 Å². The fraction of sp³-hybridized carbons (Fsp3) is 0.722. The van der Waals surface area contributed by atoms with Gasteiger partial charge in [-0.1, -0.05) is 115 Å². The molecule has 2 aromatic heterocycles. The minimum Gasteiger partial charge on any atom is -0.396 e. The first-order valence-corrected chi connectivity index (χ1v) is 16.9. The maximum atomic E-state index is 8.82. The summed E-state index contributed by atoms with van der Waals surface area (Å²) >= 11 is 0. The van der Waals surface area contributed by atoms with Crippen LogP contribution in [0.25, 0.3) is 0 Å². The van der Waals surface area contributed by atoms with Gasteiger partial charge in [0.2, 0.25) is 0 Å². The summed E-state index contributed by atoms with van der Waals surface area (Å²) < 4.78 is 2.42. The zero-order valence-electron chi connectivity index (χ0n) is 25.3. The Hall–Kier alpha value is -1.74. The number of hydrogen-bond donors (Lipinski definition) is 1. The third kappa shape index (κ3) is 19.9. The van der Waals surface area contributed by atoms with Gasteiger partial charge in [0.25, 0.3) is 0 Å². The smallest absolute Gasteiger partial charge is 0.171 e. The van der Waals surface area contributed by atoms with E-state index in [1.54, 1.807) is 0 Å². The fourth-order valence-corrected chi connectivity index (χ4v) is 5.66. The molecule has 3 nitrogen and oxygen atoms in total. The number of rotatable bonds is 27. The predicted molar refractivity (Wildman–Crippen MR) is 167 cm³/mol. The van der Waals surface area contributed by atoms with Gasteiger partial charge in [0.15, 0.2) is 12.4 Å². The van der Waals surface area contributed by atoms with E-state index in [2.05, 4.69) is 40.1 Å². The second-order valence-electron chi connectivity index (χ2n) is 11.8. The van der Waals surface area contributed by atoms with E-state index in [4.69, 9.17) is 5.11 Å². The van der Waals surface area contributed by atoms with Crippen LogP contribution in [-0.2, 0) is 19.4 Å². The van der Waals surface area contributed by atoms with Crippen molar-refractivity contribution in [2.24, 2.45) is 0 Å². The van der Waals surface area contributed by atoms with Crippen molar-refractivity contribution in [2.45, 2.75) is 161 Å². The maximum Gasteiger partial charge on any atom is 0.171 e. The Morgan fingerprint density at radius 2 is 0.974 bits per heavy atom. The molecule has 2 aromatic rings. The number of aryl methyl sites for hydroxylation is 3. The van der Waals surface area contributed by atoms with Crippen LogP contribution in [0.1, 0.15) is 152 Å². The Morgan fingerprint density at radius 3 is 1.49 bits per heavy atom. The van der Waals surface area contributed by atoms with E-state index in [1.165, 1.54) is 165 Å². The molecule has 0 aliphatic rings. The summed E-state index contributed by atoms with van der Waals surface area (Å²) in [5.74, 6) is 0. The van der Waals surface area contributed by atoms with E-state index in [-0.39, 0.29) is 0 Å². The standard InChI is InChI=1S/C36H61N2O/c39-32-22-18-14-10-6-4-8-12-16-20-26-36-28-24-31-38(34-36)30-21-17-13-9-5-2-1-3-7-11-15-19-25-35-27-23-29-37-33-35/h23-24,27-29,31,33-34,39H,1-22,25-26,30,32H2/q+1. The number of pyridine rings is 2. The Labute approximate surface area is 241 Å². The molecule has 0 saturated heterocycles. The molecule has 0 aliphatic carbocycles. The quantitative estimate of drug-likeness (QED) is 0.0909. The van der Waals surface area contributed by atoms with Crippen molar-refractivity contribution in [3.05, 3.63) is 60.2 Å². The van der Waals surface area contributed by atoms with E-state index in [0.29, 0.717) is 6.61 Å². The summed E-state index contributed by atoms with van der Waals surface area (Å²) in [7, 11) is 0. The Bertz CT molecular complexity index is 779. The van der Waals surface area contributed by atoms with Crippen molar-refractivity contribution in [3.8, 4) is 0 Å². The van der Waals surface area contributed by atoms with Gasteiger partial charge in [-0.2, -0.15) is 0 Å². The van der Waals surface area contributed by atoms with E-state index in [1.807, 2.05) is 18.5 Å². The summed E-state index contributed by atoms with van der Waals surface area (Å²) in [6.07, 6.45) is 40.7. The van der Waals surface area contributed by atoms with Crippen LogP contribution in [0.2, 0.25) is 0 Å². The van der Waals surface area contributed by atoms with Gasteiger partial charge < -0.3 is 5.11 Å². The molecule has 220 valence electrons. The summed E-state index contributed by atoms with van der Waals surface area (Å²) in [5.41, 5.74) is 2.89. The van der Waals surface area contributed by atoms with Crippen molar-refractivity contribution in [1.29, 1.82) is 0 Å². The molecule has 0 saturated carbocycles. The van der Waals surface area contributed by atoms with Gasteiger partial charge in [0, 0.05) is 37.1 Å². The number of aliphatic hydroxyl groups excluding tert-OH is 1. The lowest BCUT2D eigenvalue weighted by Gasteiger charge is -2.04. The molecule has 1 N–H and O–H groups in total. The average molecular weight is 538 g/mol. The third-order valence-corrected chi connectivity index (χ3v) is 8.15. The molecule has 0 amide bonds. The monoisotopic (exact) mass is 537 g/mol. The molecule has 39 heavy (non-hydrogen) atoms. The highest BCUT2D eigenvalue weighted by atomic mass is 16.2. The van der Waals surface area contributed by atoms with Crippen LogP contribution in [-0.4, -0.2) is 16.7 Å². The lowest BCUT2D eigenvalue weighted by atomic mass is 10.0. The molecule has 2 rings (SSSR count). The number of unbranched alkanes of at least 4 members (excludes halogenated alkanes) is 20. The largest absolute Gasteiger partial charge is 0.396 e. The van der Waals surface area contributed by atoms with Gasteiger partial charge in [-0.25, -0.2) is 4.57 Å². The zero-order valence-corrected chi connectivity index (χ0v) is 25.3. The molecule has 0 spiro atoms. The molecule has 0 aliphatic heterocycles. The minimum atomic E-state index is 0.359. The summed E-state index contributed by atoms with van der Waals surface area (Å²) in [6.45, 7) is 1.53.